The van der Waals surface area contributed by atoms with Gasteiger partial charge in [-0.25, -0.2) is 18.1 Å². The molecule has 136 valence electrons. The molecular weight excluding hydrogens is 338 g/mol. The molecule has 1 aromatic heterocycles. The highest BCUT2D eigenvalue weighted by Crippen LogP contribution is 2.10. The van der Waals surface area contributed by atoms with Crippen LogP contribution >= 0.6 is 0 Å². The van der Waals surface area contributed by atoms with Crippen molar-refractivity contribution in [3.8, 4) is 0 Å². The molecule has 0 spiro atoms. The molecule has 0 saturated carbocycles. The minimum absolute atomic E-state index is 0.250. The zero-order valence-corrected chi connectivity index (χ0v) is 15.4. The predicted octanol–water partition coefficient (Wildman–Crippen LogP) is 1.15. The Bertz CT molecular complexity index is 768. The van der Waals surface area contributed by atoms with E-state index in [1.165, 1.54) is 7.05 Å². The van der Waals surface area contributed by atoms with Crippen molar-refractivity contribution in [1.29, 1.82) is 0 Å². The van der Waals surface area contributed by atoms with Gasteiger partial charge in [-0.3, -0.25) is 0 Å². The summed E-state index contributed by atoms with van der Waals surface area (Å²) in [5.74, 6) is 0.738. The van der Waals surface area contributed by atoms with Gasteiger partial charge >= 0.3 is 0 Å². The van der Waals surface area contributed by atoms with Gasteiger partial charge in [0.25, 0.3) is 0 Å². The van der Waals surface area contributed by atoms with E-state index < -0.39 is 10.0 Å². The monoisotopic (exact) mass is 363 g/mol. The molecule has 0 aliphatic heterocycles. The number of aromatic nitrogens is 1. The van der Waals surface area contributed by atoms with E-state index in [1.54, 1.807) is 24.3 Å². The summed E-state index contributed by atoms with van der Waals surface area (Å²) in [7, 11) is -2.00. The number of guanidine groups is 1. The fourth-order valence-electron chi connectivity index (χ4n) is 2.23. The third kappa shape index (κ3) is 5.91. The summed E-state index contributed by atoms with van der Waals surface area (Å²) in [4.78, 5) is 4.78. The maximum atomic E-state index is 11.7. The zero-order chi connectivity index (χ0) is 18.1. The summed E-state index contributed by atoms with van der Waals surface area (Å²) >= 11 is 0. The lowest BCUT2D eigenvalue weighted by Crippen LogP contribution is -2.38. The summed E-state index contributed by atoms with van der Waals surface area (Å²) in [6.07, 6.45) is 4.04. The lowest BCUT2D eigenvalue weighted by Gasteiger charge is -2.12. The molecule has 0 fully saturated rings. The van der Waals surface area contributed by atoms with E-state index in [9.17, 15) is 8.42 Å². The first-order valence-electron chi connectivity index (χ1n) is 8.20. The quantitative estimate of drug-likeness (QED) is 0.485. The van der Waals surface area contributed by atoms with Crippen LogP contribution in [-0.2, 0) is 23.1 Å². The summed E-state index contributed by atoms with van der Waals surface area (Å²) in [6.45, 7) is 4.88. The highest BCUT2D eigenvalue weighted by atomic mass is 32.2. The maximum absolute atomic E-state index is 11.7. The molecule has 0 amide bonds. The van der Waals surface area contributed by atoms with E-state index in [2.05, 4.69) is 24.9 Å². The third-order valence-corrected chi connectivity index (χ3v) is 5.03. The van der Waals surface area contributed by atoms with Crippen molar-refractivity contribution in [2.45, 2.75) is 24.9 Å². The lowest BCUT2D eigenvalue weighted by molar-refractivity contribution is 0.588. The number of sulfonamides is 1. The number of hydrogen-bond donors (Lipinski definition) is 3. The molecule has 0 unspecified atom stereocenters. The number of nitrogens with one attached hydrogen (secondary N) is 3. The van der Waals surface area contributed by atoms with Crippen LogP contribution < -0.4 is 15.4 Å². The minimum Gasteiger partial charge on any atom is -0.357 e. The van der Waals surface area contributed by atoms with Crippen LogP contribution in [0.3, 0.4) is 0 Å². The number of rotatable bonds is 8. The summed E-state index contributed by atoms with van der Waals surface area (Å²) in [6, 6.07) is 10.7. The van der Waals surface area contributed by atoms with Gasteiger partial charge in [-0.1, -0.05) is 12.1 Å². The van der Waals surface area contributed by atoms with E-state index in [-0.39, 0.29) is 4.90 Å². The predicted molar refractivity (Wildman–Crippen MR) is 99.9 cm³/mol. The minimum atomic E-state index is -3.40. The summed E-state index contributed by atoms with van der Waals surface area (Å²) in [5, 5.41) is 6.49. The van der Waals surface area contributed by atoms with Gasteiger partial charge in [-0.05, 0) is 43.8 Å². The fourth-order valence-corrected chi connectivity index (χ4v) is 2.96. The van der Waals surface area contributed by atoms with Crippen molar-refractivity contribution >= 4 is 16.0 Å². The summed E-state index contributed by atoms with van der Waals surface area (Å²) in [5.41, 5.74) is 0.942. The van der Waals surface area contributed by atoms with Gasteiger partial charge in [0, 0.05) is 32.0 Å². The summed E-state index contributed by atoms with van der Waals surface area (Å²) < 4.78 is 27.8. The zero-order valence-electron chi connectivity index (χ0n) is 14.6. The van der Waals surface area contributed by atoms with Crippen molar-refractivity contribution in [2.75, 3.05) is 20.1 Å². The van der Waals surface area contributed by atoms with Gasteiger partial charge < -0.3 is 15.2 Å². The molecule has 1 aromatic carbocycles. The highest BCUT2D eigenvalue weighted by Gasteiger charge is 2.10. The Morgan fingerprint density at radius 3 is 2.40 bits per heavy atom. The van der Waals surface area contributed by atoms with Gasteiger partial charge in [-0.2, -0.15) is 0 Å². The Kier molecular flexibility index (Phi) is 7.03. The van der Waals surface area contributed by atoms with E-state index in [0.717, 1.165) is 31.2 Å². The molecule has 0 radical (unpaired) electrons. The SMILES string of the molecule is CCNC(=NCc1ccc(S(=O)(=O)NC)cc1)NCCn1cccc1. The smallest absolute Gasteiger partial charge is 0.240 e. The molecule has 0 bridgehead atoms. The lowest BCUT2D eigenvalue weighted by atomic mass is 10.2. The normalized spacial score (nSPS) is 12.2. The molecule has 2 rings (SSSR count). The second-order valence-corrected chi connectivity index (χ2v) is 7.28. The second kappa shape index (κ2) is 9.24. The van der Waals surface area contributed by atoms with Crippen LogP contribution in [0, 0.1) is 0 Å². The first-order chi connectivity index (χ1) is 12.0. The van der Waals surface area contributed by atoms with E-state index in [4.69, 9.17) is 0 Å². The first kappa shape index (κ1) is 19.0. The highest BCUT2D eigenvalue weighted by molar-refractivity contribution is 7.89. The molecule has 3 N–H and O–H groups in total. The Morgan fingerprint density at radius 2 is 1.80 bits per heavy atom. The average molecular weight is 363 g/mol. The van der Waals surface area contributed by atoms with E-state index in [1.807, 2.05) is 31.5 Å². The van der Waals surface area contributed by atoms with Gasteiger partial charge in [0.05, 0.1) is 11.4 Å². The molecule has 1 heterocycles. The molecule has 7 nitrogen and oxygen atoms in total. The van der Waals surface area contributed by atoms with Crippen LogP contribution in [0.4, 0.5) is 0 Å². The average Bonchev–Trinajstić information content (AvgIpc) is 3.13. The Morgan fingerprint density at radius 1 is 1.12 bits per heavy atom. The van der Waals surface area contributed by atoms with Crippen LogP contribution in [0.2, 0.25) is 0 Å². The van der Waals surface area contributed by atoms with E-state index in [0.29, 0.717) is 6.54 Å². The number of hydrogen-bond acceptors (Lipinski definition) is 3. The molecule has 0 saturated heterocycles. The van der Waals surface area contributed by atoms with Crippen molar-refractivity contribution in [1.82, 2.24) is 19.9 Å². The fraction of sp³-hybridized carbons (Fsp3) is 0.353. The van der Waals surface area contributed by atoms with Crippen molar-refractivity contribution in [3.63, 3.8) is 0 Å². The second-order valence-electron chi connectivity index (χ2n) is 5.39. The van der Waals surface area contributed by atoms with Gasteiger partial charge in [-0.15, -0.1) is 0 Å². The molecule has 0 aliphatic carbocycles. The number of aliphatic imine (C=N–C) groups is 1. The topological polar surface area (TPSA) is 87.5 Å². The Hall–Kier alpha value is -2.32. The van der Waals surface area contributed by atoms with Crippen molar-refractivity contribution in [3.05, 3.63) is 54.4 Å². The largest absolute Gasteiger partial charge is 0.357 e. The number of benzene rings is 1. The molecule has 25 heavy (non-hydrogen) atoms. The molecular formula is C17H25N5O2S. The maximum Gasteiger partial charge on any atom is 0.240 e. The van der Waals surface area contributed by atoms with Crippen molar-refractivity contribution in [2.24, 2.45) is 4.99 Å². The Labute approximate surface area is 149 Å². The molecule has 0 aliphatic rings. The van der Waals surface area contributed by atoms with Crippen LogP contribution in [0.15, 0.2) is 58.7 Å². The molecule has 0 atom stereocenters. The van der Waals surface area contributed by atoms with E-state index >= 15 is 0 Å². The third-order valence-electron chi connectivity index (χ3n) is 3.59. The van der Waals surface area contributed by atoms with Gasteiger partial charge in [0.1, 0.15) is 0 Å². The van der Waals surface area contributed by atoms with Crippen molar-refractivity contribution < 1.29 is 8.42 Å². The molecule has 8 heteroatoms. The van der Waals surface area contributed by atoms with Gasteiger partial charge in [0.15, 0.2) is 5.96 Å². The molecule has 2 aromatic rings. The number of nitrogens with zero attached hydrogens (tertiary/aromatic N) is 2. The van der Waals surface area contributed by atoms with Gasteiger partial charge in [0.2, 0.25) is 10.0 Å². The van der Waals surface area contributed by atoms with Crippen LogP contribution in [-0.4, -0.2) is 39.1 Å². The van der Waals surface area contributed by atoms with Crippen LogP contribution in [0.25, 0.3) is 0 Å². The van der Waals surface area contributed by atoms with Crippen LogP contribution in [0.1, 0.15) is 12.5 Å². The van der Waals surface area contributed by atoms with Crippen LogP contribution in [0.5, 0.6) is 0 Å². The Balaban J connectivity index is 1.93. The standard InChI is InChI=1S/C17H25N5O2S/c1-3-19-17(20-10-13-22-11-4-5-12-22)21-14-15-6-8-16(9-7-15)25(23,24)18-2/h4-9,11-12,18H,3,10,13-14H2,1-2H3,(H2,19,20,21). The first-order valence-corrected chi connectivity index (χ1v) is 9.69.